The van der Waals surface area contributed by atoms with E-state index >= 15 is 0 Å². The second-order valence-electron chi connectivity index (χ2n) is 5.06. The number of nitrogens with zero attached hydrogens (tertiary/aromatic N) is 4. The first-order valence-electron chi connectivity index (χ1n) is 7.30. The number of hydrazine groups is 1. The molecule has 0 radical (unpaired) electrons. The number of fused-ring (bicyclic) bond motifs is 1. The van der Waals surface area contributed by atoms with Gasteiger partial charge >= 0.3 is 6.09 Å². The topological polar surface area (TPSA) is 88.8 Å². The zero-order valence-electron chi connectivity index (χ0n) is 12.5. The Morgan fingerprint density at radius 1 is 1.26 bits per heavy atom. The van der Waals surface area contributed by atoms with Crippen molar-refractivity contribution in [2.75, 3.05) is 19.7 Å². The first-order chi connectivity index (χ1) is 11.2. The molecule has 1 aromatic heterocycles. The van der Waals surface area contributed by atoms with Crippen LogP contribution in [0.2, 0.25) is 0 Å². The number of benzene rings is 1. The van der Waals surface area contributed by atoms with Crippen molar-refractivity contribution in [1.29, 1.82) is 0 Å². The summed E-state index contributed by atoms with van der Waals surface area (Å²) in [6, 6.07) is 4.88. The molecular formula is C15H16N4O4. The molecule has 2 heterocycles. The largest absolute Gasteiger partial charge is 0.448 e. The Kier molecular flexibility index (Phi) is 4.22. The molecule has 0 saturated carbocycles. The molecule has 2 aromatic rings. The molecule has 0 aliphatic carbocycles. The molecule has 120 valence electrons. The molecule has 0 atom stereocenters. The summed E-state index contributed by atoms with van der Waals surface area (Å²) in [6.45, 7) is 4.73. The molecular weight excluding hydrogens is 300 g/mol. The van der Waals surface area contributed by atoms with Gasteiger partial charge in [0, 0.05) is 18.7 Å². The summed E-state index contributed by atoms with van der Waals surface area (Å²) >= 11 is 0. The van der Waals surface area contributed by atoms with Crippen LogP contribution in [0.3, 0.4) is 0 Å². The first-order valence-corrected chi connectivity index (χ1v) is 7.30. The molecule has 8 heteroatoms. The molecule has 0 bridgehead atoms. The maximum Gasteiger partial charge on any atom is 0.428 e. The van der Waals surface area contributed by atoms with E-state index in [1.807, 2.05) is 0 Å². The Labute approximate surface area is 132 Å². The van der Waals surface area contributed by atoms with Crippen molar-refractivity contribution in [2.45, 2.75) is 12.8 Å². The molecule has 8 nitrogen and oxygen atoms in total. The minimum atomic E-state index is -0.526. The third-order valence-corrected chi connectivity index (χ3v) is 3.52. The highest BCUT2D eigenvalue weighted by atomic mass is 16.6. The van der Waals surface area contributed by atoms with Crippen molar-refractivity contribution in [3.8, 4) is 0 Å². The summed E-state index contributed by atoms with van der Waals surface area (Å²) < 4.78 is 9.75. The number of hydrogen-bond acceptors (Lipinski definition) is 6. The minimum absolute atomic E-state index is 0.247. The number of rotatable bonds is 4. The van der Waals surface area contributed by atoms with E-state index in [0.717, 1.165) is 0 Å². The highest BCUT2D eigenvalue weighted by Crippen LogP contribution is 2.18. The molecule has 2 amide bonds. The summed E-state index contributed by atoms with van der Waals surface area (Å²) in [5.41, 5.74) is 1.48. The Morgan fingerprint density at radius 3 is 2.87 bits per heavy atom. The monoisotopic (exact) mass is 316 g/mol. The number of amides is 2. The molecule has 23 heavy (non-hydrogen) atoms. The Balaban J connectivity index is 1.74. The maximum atomic E-state index is 12.6. The minimum Gasteiger partial charge on any atom is -0.448 e. The SMILES string of the molecule is C=CCCOC(=O)N1CCCN1C(=O)c1ccc2nonc2c1. The highest BCUT2D eigenvalue weighted by molar-refractivity contribution is 5.97. The van der Waals surface area contributed by atoms with Gasteiger partial charge in [0.15, 0.2) is 0 Å². The number of aromatic nitrogens is 2. The third-order valence-electron chi connectivity index (χ3n) is 3.52. The van der Waals surface area contributed by atoms with Gasteiger partial charge in [0.05, 0.1) is 6.61 Å². The number of carbonyl (C=O) groups excluding carboxylic acids is 2. The van der Waals surface area contributed by atoms with Crippen LogP contribution in [0, 0.1) is 0 Å². The fraction of sp³-hybridized carbons (Fsp3) is 0.333. The highest BCUT2D eigenvalue weighted by Gasteiger charge is 2.32. The van der Waals surface area contributed by atoms with Gasteiger partial charge < -0.3 is 4.74 Å². The van der Waals surface area contributed by atoms with Gasteiger partial charge in [-0.15, -0.1) is 6.58 Å². The van der Waals surface area contributed by atoms with Gasteiger partial charge in [-0.1, -0.05) is 6.08 Å². The maximum absolute atomic E-state index is 12.6. The van der Waals surface area contributed by atoms with Gasteiger partial charge in [0.25, 0.3) is 5.91 Å². The molecule has 0 spiro atoms. The van der Waals surface area contributed by atoms with Gasteiger partial charge in [0.1, 0.15) is 11.0 Å². The van der Waals surface area contributed by atoms with Crippen LogP contribution in [0.1, 0.15) is 23.2 Å². The van der Waals surface area contributed by atoms with E-state index in [2.05, 4.69) is 21.5 Å². The van der Waals surface area contributed by atoms with E-state index < -0.39 is 6.09 Å². The van der Waals surface area contributed by atoms with Gasteiger partial charge in [0.2, 0.25) is 0 Å². The van der Waals surface area contributed by atoms with Gasteiger partial charge in [-0.05, 0) is 41.4 Å². The van der Waals surface area contributed by atoms with Crippen LogP contribution < -0.4 is 0 Å². The third kappa shape index (κ3) is 3.01. The van der Waals surface area contributed by atoms with E-state index in [0.29, 0.717) is 42.5 Å². The lowest BCUT2D eigenvalue weighted by Crippen LogP contribution is -2.45. The predicted octanol–water partition coefficient (Wildman–Crippen LogP) is 2.00. The van der Waals surface area contributed by atoms with Crippen molar-refractivity contribution in [1.82, 2.24) is 20.3 Å². The Morgan fingerprint density at radius 2 is 2.04 bits per heavy atom. The normalized spacial score (nSPS) is 14.3. The van der Waals surface area contributed by atoms with Crippen LogP contribution in [-0.2, 0) is 4.74 Å². The van der Waals surface area contributed by atoms with Crippen molar-refractivity contribution in [3.63, 3.8) is 0 Å². The van der Waals surface area contributed by atoms with E-state index in [-0.39, 0.29) is 12.5 Å². The fourth-order valence-electron chi connectivity index (χ4n) is 2.38. The van der Waals surface area contributed by atoms with Crippen LogP contribution in [0.5, 0.6) is 0 Å². The zero-order valence-corrected chi connectivity index (χ0v) is 12.5. The van der Waals surface area contributed by atoms with Crippen molar-refractivity contribution in [2.24, 2.45) is 0 Å². The summed E-state index contributed by atoms with van der Waals surface area (Å²) in [7, 11) is 0. The summed E-state index contributed by atoms with van der Waals surface area (Å²) in [6.07, 6.45) is 2.42. The van der Waals surface area contributed by atoms with Gasteiger partial charge in [-0.2, -0.15) is 0 Å². The van der Waals surface area contributed by atoms with E-state index in [4.69, 9.17) is 4.74 Å². The molecule has 0 N–H and O–H groups in total. The lowest BCUT2D eigenvalue weighted by Gasteiger charge is -2.27. The van der Waals surface area contributed by atoms with Gasteiger partial charge in [-0.3, -0.25) is 4.79 Å². The zero-order chi connectivity index (χ0) is 16.2. The smallest absolute Gasteiger partial charge is 0.428 e. The van der Waals surface area contributed by atoms with E-state index in [1.54, 1.807) is 24.3 Å². The summed E-state index contributed by atoms with van der Waals surface area (Å²) in [4.78, 5) is 24.7. The van der Waals surface area contributed by atoms with E-state index in [9.17, 15) is 9.59 Å². The predicted molar refractivity (Wildman–Crippen MR) is 80.3 cm³/mol. The Hall–Kier alpha value is -2.90. The molecule has 1 fully saturated rings. The van der Waals surface area contributed by atoms with Crippen LogP contribution in [0.15, 0.2) is 35.5 Å². The fourth-order valence-corrected chi connectivity index (χ4v) is 2.38. The average Bonchev–Trinajstić information content (AvgIpc) is 3.22. The summed E-state index contributed by atoms with van der Waals surface area (Å²) in [5.74, 6) is -0.284. The molecule has 0 unspecified atom stereocenters. The van der Waals surface area contributed by atoms with Crippen LogP contribution >= 0.6 is 0 Å². The van der Waals surface area contributed by atoms with Gasteiger partial charge in [-0.25, -0.2) is 19.4 Å². The molecule has 1 saturated heterocycles. The lowest BCUT2D eigenvalue weighted by molar-refractivity contribution is 0.0137. The molecule has 1 aliphatic heterocycles. The van der Waals surface area contributed by atoms with Crippen molar-refractivity contribution in [3.05, 3.63) is 36.4 Å². The Bertz CT molecular complexity index is 742. The average molecular weight is 316 g/mol. The van der Waals surface area contributed by atoms with Crippen LogP contribution in [-0.4, -0.2) is 52.0 Å². The van der Waals surface area contributed by atoms with Crippen molar-refractivity contribution >= 4 is 23.0 Å². The quantitative estimate of drug-likeness (QED) is 0.633. The lowest BCUT2D eigenvalue weighted by atomic mass is 10.2. The standard InChI is InChI=1S/C15H16N4O4/c1-2-3-9-22-15(21)19-8-4-7-18(19)14(20)11-5-6-12-13(10-11)17-23-16-12/h2,5-6,10H,1,3-4,7-9H2. The molecule has 1 aromatic carbocycles. The molecule has 1 aliphatic rings. The van der Waals surface area contributed by atoms with Crippen molar-refractivity contribution < 1.29 is 19.0 Å². The summed E-state index contributed by atoms with van der Waals surface area (Å²) in [5, 5.41) is 10.1. The first kappa shape index (κ1) is 15.0. The second-order valence-corrected chi connectivity index (χ2v) is 5.06. The number of carbonyl (C=O) groups is 2. The second kappa shape index (κ2) is 6.47. The number of hydrogen-bond donors (Lipinski definition) is 0. The van der Waals surface area contributed by atoms with Crippen LogP contribution in [0.25, 0.3) is 11.0 Å². The van der Waals surface area contributed by atoms with Crippen LogP contribution in [0.4, 0.5) is 4.79 Å². The molecule has 3 rings (SSSR count). The van der Waals surface area contributed by atoms with E-state index in [1.165, 1.54) is 10.0 Å². The number of ether oxygens (including phenoxy) is 1.